The second kappa shape index (κ2) is 2.59. The average Bonchev–Trinajstić information content (AvgIpc) is 1.94. The number of hydrogen-bond donors (Lipinski definition) is 1. The maximum absolute atomic E-state index is 6.67. The average molecular weight is 153 g/mol. The highest BCUT2D eigenvalue weighted by atomic mass is 35.5. The quantitative estimate of drug-likeness (QED) is 0.449. The summed E-state index contributed by atoms with van der Waals surface area (Å²) >= 11 is 5.60. The zero-order chi connectivity index (χ0) is 7.56. The van der Waals surface area contributed by atoms with Crippen LogP contribution in [0, 0.1) is 6.57 Å². The van der Waals surface area contributed by atoms with Crippen LogP contribution in [0.5, 0.6) is 0 Å². The van der Waals surface area contributed by atoms with Crippen molar-refractivity contribution >= 4 is 23.0 Å². The van der Waals surface area contributed by atoms with Gasteiger partial charge >= 0.3 is 0 Å². The summed E-state index contributed by atoms with van der Waals surface area (Å²) in [5.41, 5.74) is 6.31. The van der Waals surface area contributed by atoms with Gasteiger partial charge in [-0.05, 0) is 18.2 Å². The summed E-state index contributed by atoms with van der Waals surface area (Å²) in [5.74, 6) is 0. The third kappa shape index (κ3) is 1.20. The highest BCUT2D eigenvalue weighted by Gasteiger charge is 1.96. The third-order valence-corrected chi connectivity index (χ3v) is 1.35. The van der Waals surface area contributed by atoms with E-state index in [1.54, 1.807) is 18.2 Å². The van der Waals surface area contributed by atoms with E-state index in [0.29, 0.717) is 16.4 Å². The molecule has 0 amide bonds. The van der Waals surface area contributed by atoms with Crippen molar-refractivity contribution in [3.8, 4) is 0 Å². The number of anilines is 1. The molecule has 50 valence electrons. The van der Waals surface area contributed by atoms with E-state index in [0.717, 1.165) is 0 Å². The molecule has 1 aromatic rings. The van der Waals surface area contributed by atoms with Crippen LogP contribution in [0.15, 0.2) is 18.2 Å². The molecule has 0 aliphatic carbocycles. The first-order chi connectivity index (χ1) is 4.74. The number of halogens is 1. The topological polar surface area (TPSA) is 30.4 Å². The Morgan fingerprint density at radius 3 is 2.70 bits per heavy atom. The van der Waals surface area contributed by atoms with Gasteiger partial charge in [-0.2, -0.15) is 0 Å². The molecule has 0 unspecified atom stereocenters. The van der Waals surface area contributed by atoms with E-state index >= 15 is 0 Å². The van der Waals surface area contributed by atoms with Crippen LogP contribution in [-0.2, 0) is 0 Å². The lowest BCUT2D eigenvalue weighted by Gasteiger charge is -1.95. The first kappa shape index (κ1) is 6.91. The lowest BCUT2D eigenvalue weighted by molar-refractivity contribution is 1.69. The minimum atomic E-state index is 0.410. The highest BCUT2D eigenvalue weighted by Crippen LogP contribution is 2.25. The van der Waals surface area contributed by atoms with E-state index in [1.165, 1.54) is 0 Å². The fraction of sp³-hybridized carbons (Fsp3) is 0. The zero-order valence-electron chi connectivity index (χ0n) is 5.13. The van der Waals surface area contributed by atoms with Gasteiger partial charge in [0.25, 0.3) is 0 Å². The number of nitrogens with two attached hydrogens (primary N) is 1. The van der Waals surface area contributed by atoms with Crippen molar-refractivity contribution in [2.75, 3.05) is 5.73 Å². The maximum Gasteiger partial charge on any atom is 0.210 e. The van der Waals surface area contributed by atoms with Gasteiger partial charge in [0.1, 0.15) is 0 Å². The molecule has 0 aliphatic heterocycles. The van der Waals surface area contributed by atoms with Crippen LogP contribution in [0.2, 0.25) is 5.02 Å². The first-order valence-electron chi connectivity index (χ1n) is 2.66. The minimum Gasteiger partial charge on any atom is -0.407 e. The van der Waals surface area contributed by atoms with Gasteiger partial charge in [0.2, 0.25) is 5.69 Å². The van der Waals surface area contributed by atoms with Crippen molar-refractivity contribution < 1.29 is 0 Å². The van der Waals surface area contributed by atoms with Crippen LogP contribution in [0.3, 0.4) is 0 Å². The molecule has 0 heterocycles. The second-order valence-corrected chi connectivity index (χ2v) is 2.25. The summed E-state index contributed by atoms with van der Waals surface area (Å²) in [7, 11) is 0. The van der Waals surface area contributed by atoms with Gasteiger partial charge in [-0.3, -0.25) is 0 Å². The Morgan fingerprint density at radius 1 is 1.50 bits per heavy atom. The van der Waals surface area contributed by atoms with Gasteiger partial charge in [-0.15, -0.1) is 0 Å². The predicted octanol–water partition coefficient (Wildman–Crippen LogP) is 2.47. The lowest BCUT2D eigenvalue weighted by Crippen LogP contribution is -1.82. The number of nitrogens with zero attached hydrogens (tertiary/aromatic N) is 1. The van der Waals surface area contributed by atoms with Crippen LogP contribution in [0.1, 0.15) is 0 Å². The second-order valence-electron chi connectivity index (χ2n) is 1.81. The first-order valence-corrected chi connectivity index (χ1v) is 3.04. The largest absolute Gasteiger partial charge is 0.407 e. The molecule has 1 rings (SSSR count). The molecule has 0 aliphatic rings. The molecule has 0 fully saturated rings. The molecule has 3 heteroatoms. The van der Waals surface area contributed by atoms with Gasteiger partial charge in [-0.25, -0.2) is 4.85 Å². The molecule has 1 aromatic carbocycles. The van der Waals surface area contributed by atoms with Crippen molar-refractivity contribution in [1.29, 1.82) is 0 Å². The van der Waals surface area contributed by atoms with Gasteiger partial charge in [0.15, 0.2) is 0 Å². The summed E-state index contributed by atoms with van der Waals surface area (Å²) in [5, 5.41) is 0.542. The highest BCUT2D eigenvalue weighted by molar-refractivity contribution is 6.31. The maximum atomic E-state index is 6.67. The van der Waals surface area contributed by atoms with Gasteiger partial charge in [0.05, 0.1) is 6.57 Å². The van der Waals surface area contributed by atoms with Crippen LogP contribution < -0.4 is 5.73 Å². The van der Waals surface area contributed by atoms with Crippen molar-refractivity contribution in [3.05, 3.63) is 34.6 Å². The van der Waals surface area contributed by atoms with Gasteiger partial charge < -0.3 is 5.73 Å². The molecule has 0 radical (unpaired) electrons. The van der Waals surface area contributed by atoms with E-state index < -0.39 is 0 Å². The molecule has 0 spiro atoms. The Kier molecular flexibility index (Phi) is 1.79. The van der Waals surface area contributed by atoms with Crippen molar-refractivity contribution in [2.45, 2.75) is 0 Å². The number of benzene rings is 1. The molecule has 10 heavy (non-hydrogen) atoms. The Labute approximate surface area is 64.0 Å². The molecule has 0 saturated heterocycles. The Bertz CT molecular complexity index is 288. The SMILES string of the molecule is [C-]#[N+]c1cc(Cl)ccc1N. The van der Waals surface area contributed by atoms with Gasteiger partial charge in [-0.1, -0.05) is 11.6 Å². The summed E-state index contributed by atoms with van der Waals surface area (Å²) in [6.07, 6.45) is 0. The number of rotatable bonds is 0. The van der Waals surface area contributed by atoms with Crippen molar-refractivity contribution in [2.24, 2.45) is 0 Å². The van der Waals surface area contributed by atoms with E-state index in [1.807, 2.05) is 0 Å². The normalized spacial score (nSPS) is 8.80. The fourth-order valence-electron chi connectivity index (χ4n) is 0.614. The third-order valence-electron chi connectivity index (χ3n) is 1.11. The summed E-state index contributed by atoms with van der Waals surface area (Å²) in [4.78, 5) is 3.17. The molecule has 0 aromatic heterocycles. The number of nitrogen functional groups attached to an aromatic ring is 1. The molecule has 2 N–H and O–H groups in total. The molecular formula is C7H5ClN2. The summed E-state index contributed by atoms with van der Waals surface area (Å²) in [6, 6.07) is 4.82. The van der Waals surface area contributed by atoms with Crippen LogP contribution in [0.25, 0.3) is 4.85 Å². The number of hydrogen-bond acceptors (Lipinski definition) is 1. The standard InChI is InChI=1S/C7H5ClN2/c1-10-7-4-5(8)2-3-6(7)9/h2-4H,9H2. The van der Waals surface area contributed by atoms with E-state index in [4.69, 9.17) is 23.9 Å². The minimum absolute atomic E-state index is 0.410. The van der Waals surface area contributed by atoms with E-state index in [9.17, 15) is 0 Å². The molecular weight excluding hydrogens is 148 g/mol. The zero-order valence-corrected chi connectivity index (χ0v) is 5.89. The lowest BCUT2D eigenvalue weighted by atomic mass is 10.3. The van der Waals surface area contributed by atoms with Crippen molar-refractivity contribution in [3.63, 3.8) is 0 Å². The fourth-order valence-corrected chi connectivity index (χ4v) is 0.780. The Balaban J connectivity index is 3.25. The molecule has 0 atom stereocenters. The van der Waals surface area contributed by atoms with Crippen LogP contribution in [-0.4, -0.2) is 0 Å². The molecule has 0 saturated carbocycles. The Morgan fingerprint density at radius 2 is 2.20 bits per heavy atom. The molecule has 2 nitrogen and oxygen atoms in total. The summed E-state index contributed by atoms with van der Waals surface area (Å²) < 4.78 is 0. The van der Waals surface area contributed by atoms with Crippen molar-refractivity contribution in [1.82, 2.24) is 0 Å². The van der Waals surface area contributed by atoms with E-state index in [-0.39, 0.29) is 0 Å². The van der Waals surface area contributed by atoms with Crippen LogP contribution in [0.4, 0.5) is 11.4 Å². The monoisotopic (exact) mass is 152 g/mol. The van der Waals surface area contributed by atoms with E-state index in [2.05, 4.69) is 4.85 Å². The predicted molar refractivity (Wildman–Crippen MR) is 42.1 cm³/mol. The van der Waals surface area contributed by atoms with Crippen LogP contribution >= 0.6 is 11.6 Å². The smallest absolute Gasteiger partial charge is 0.210 e. The Hall–Kier alpha value is -1.20. The summed E-state index contributed by atoms with van der Waals surface area (Å²) in [6.45, 7) is 6.67. The molecule has 0 bridgehead atoms. The van der Waals surface area contributed by atoms with Gasteiger partial charge in [0, 0.05) is 10.7 Å².